The molecule has 0 saturated carbocycles. The molecular weight excluding hydrogens is 152 g/mol. The summed E-state index contributed by atoms with van der Waals surface area (Å²) in [4.78, 5) is 0. The fourth-order valence-corrected chi connectivity index (χ4v) is 1.21. The standard InChI is InChI=1S/C6H14O3S/c1-5-6(2,3)10(7,8)9-4/h5H2,1-4H3. The summed E-state index contributed by atoms with van der Waals surface area (Å²) in [5.41, 5.74) is 0. The predicted octanol–water partition coefficient (Wildman–Crippen LogP) is 1.15. The average molecular weight is 166 g/mol. The topological polar surface area (TPSA) is 43.4 Å². The van der Waals surface area contributed by atoms with E-state index in [1.165, 1.54) is 7.11 Å². The molecule has 0 radical (unpaired) electrons. The summed E-state index contributed by atoms with van der Waals surface area (Å²) in [6, 6.07) is 0. The van der Waals surface area contributed by atoms with Crippen molar-refractivity contribution in [2.75, 3.05) is 7.11 Å². The molecule has 0 rings (SSSR count). The van der Waals surface area contributed by atoms with Crippen LogP contribution >= 0.6 is 0 Å². The molecule has 0 atom stereocenters. The lowest BCUT2D eigenvalue weighted by Gasteiger charge is -2.20. The van der Waals surface area contributed by atoms with Gasteiger partial charge in [-0.05, 0) is 20.3 Å². The van der Waals surface area contributed by atoms with E-state index in [4.69, 9.17) is 0 Å². The van der Waals surface area contributed by atoms with Crippen molar-refractivity contribution in [3.63, 3.8) is 0 Å². The van der Waals surface area contributed by atoms with Crippen molar-refractivity contribution in [1.82, 2.24) is 0 Å². The molecule has 0 fully saturated rings. The maximum absolute atomic E-state index is 11.0. The van der Waals surface area contributed by atoms with Crippen molar-refractivity contribution in [3.8, 4) is 0 Å². The summed E-state index contributed by atoms with van der Waals surface area (Å²) in [5, 5.41) is 0. The first-order valence-corrected chi connectivity index (χ1v) is 4.58. The van der Waals surface area contributed by atoms with Crippen LogP contribution in [0.3, 0.4) is 0 Å². The minimum atomic E-state index is -3.35. The van der Waals surface area contributed by atoms with Crippen molar-refractivity contribution in [1.29, 1.82) is 0 Å². The van der Waals surface area contributed by atoms with Gasteiger partial charge in [0.1, 0.15) is 0 Å². The average Bonchev–Trinajstić information content (AvgIpc) is 1.88. The highest BCUT2D eigenvalue weighted by molar-refractivity contribution is 7.88. The van der Waals surface area contributed by atoms with Crippen molar-refractivity contribution >= 4 is 10.1 Å². The van der Waals surface area contributed by atoms with Gasteiger partial charge < -0.3 is 0 Å². The minimum Gasteiger partial charge on any atom is -0.273 e. The summed E-state index contributed by atoms with van der Waals surface area (Å²) in [5.74, 6) is 0. The molecule has 0 amide bonds. The molecule has 62 valence electrons. The van der Waals surface area contributed by atoms with Crippen LogP contribution in [0.1, 0.15) is 27.2 Å². The van der Waals surface area contributed by atoms with Gasteiger partial charge in [-0.2, -0.15) is 8.42 Å². The van der Waals surface area contributed by atoms with Crippen molar-refractivity contribution in [2.24, 2.45) is 0 Å². The maximum atomic E-state index is 11.0. The lowest BCUT2D eigenvalue weighted by Crippen LogP contribution is -2.31. The van der Waals surface area contributed by atoms with Crippen LogP contribution in [0, 0.1) is 0 Å². The summed E-state index contributed by atoms with van der Waals surface area (Å²) < 4.78 is 25.7. The monoisotopic (exact) mass is 166 g/mol. The third-order valence-corrected chi connectivity index (χ3v) is 3.83. The number of rotatable bonds is 3. The van der Waals surface area contributed by atoms with Crippen LogP contribution in [0.2, 0.25) is 0 Å². The zero-order valence-corrected chi connectivity index (χ0v) is 7.66. The molecule has 3 nitrogen and oxygen atoms in total. The second kappa shape index (κ2) is 2.88. The summed E-state index contributed by atoms with van der Waals surface area (Å²) in [6.45, 7) is 5.11. The second-order valence-corrected chi connectivity index (χ2v) is 5.08. The molecule has 0 unspecified atom stereocenters. The van der Waals surface area contributed by atoms with E-state index in [2.05, 4.69) is 4.18 Å². The lowest BCUT2D eigenvalue weighted by atomic mass is 10.1. The molecule has 10 heavy (non-hydrogen) atoms. The highest BCUT2D eigenvalue weighted by Crippen LogP contribution is 2.20. The molecule has 0 aliphatic heterocycles. The van der Waals surface area contributed by atoms with Crippen molar-refractivity contribution in [3.05, 3.63) is 0 Å². The SMILES string of the molecule is CCC(C)(C)S(=O)(=O)OC. The molecule has 4 heteroatoms. The van der Waals surface area contributed by atoms with Crippen LogP contribution in [0.15, 0.2) is 0 Å². The first kappa shape index (κ1) is 9.91. The molecule has 0 heterocycles. The Hall–Kier alpha value is -0.0900. The van der Waals surface area contributed by atoms with E-state index in [0.29, 0.717) is 6.42 Å². The molecule has 0 aromatic carbocycles. The third kappa shape index (κ3) is 1.70. The van der Waals surface area contributed by atoms with Crippen LogP contribution in [0.25, 0.3) is 0 Å². The molecule has 0 aliphatic rings. The van der Waals surface area contributed by atoms with E-state index in [-0.39, 0.29) is 0 Å². The van der Waals surface area contributed by atoms with Gasteiger partial charge in [0, 0.05) is 0 Å². The molecule has 0 N–H and O–H groups in total. The first-order valence-electron chi connectivity index (χ1n) is 3.17. The fourth-order valence-electron chi connectivity index (χ4n) is 0.402. The van der Waals surface area contributed by atoms with Gasteiger partial charge in [0.15, 0.2) is 0 Å². The van der Waals surface area contributed by atoms with Crippen LogP contribution in [0.5, 0.6) is 0 Å². The van der Waals surface area contributed by atoms with Gasteiger partial charge >= 0.3 is 0 Å². The van der Waals surface area contributed by atoms with E-state index in [9.17, 15) is 8.42 Å². The molecule has 0 aromatic rings. The molecule has 0 saturated heterocycles. The molecule has 0 aliphatic carbocycles. The Morgan fingerprint density at radius 2 is 1.80 bits per heavy atom. The molecule has 0 spiro atoms. The highest BCUT2D eigenvalue weighted by Gasteiger charge is 2.32. The van der Waals surface area contributed by atoms with E-state index in [1.54, 1.807) is 13.8 Å². The molecular formula is C6H14O3S. The summed E-state index contributed by atoms with van der Waals surface area (Å²) in [7, 11) is -2.16. The summed E-state index contributed by atoms with van der Waals surface area (Å²) >= 11 is 0. The normalized spacial score (nSPS) is 13.6. The van der Waals surface area contributed by atoms with Gasteiger partial charge in [-0.3, -0.25) is 4.18 Å². The Balaban J connectivity index is 4.64. The lowest BCUT2D eigenvalue weighted by molar-refractivity contribution is 0.368. The van der Waals surface area contributed by atoms with Gasteiger partial charge in [0.2, 0.25) is 0 Å². The van der Waals surface area contributed by atoms with Crippen molar-refractivity contribution in [2.45, 2.75) is 31.9 Å². The zero-order valence-electron chi connectivity index (χ0n) is 6.84. The van der Waals surface area contributed by atoms with Crippen LogP contribution in [0.4, 0.5) is 0 Å². The number of hydrogen-bond donors (Lipinski definition) is 0. The van der Waals surface area contributed by atoms with Gasteiger partial charge in [-0.15, -0.1) is 0 Å². The highest BCUT2D eigenvalue weighted by atomic mass is 32.2. The van der Waals surface area contributed by atoms with Crippen molar-refractivity contribution < 1.29 is 12.6 Å². The largest absolute Gasteiger partial charge is 0.273 e. The van der Waals surface area contributed by atoms with Crippen LogP contribution < -0.4 is 0 Å². The molecule has 0 bridgehead atoms. The predicted molar refractivity (Wildman–Crippen MR) is 40.3 cm³/mol. The Bertz CT molecular complexity index is 191. The van der Waals surface area contributed by atoms with E-state index >= 15 is 0 Å². The van der Waals surface area contributed by atoms with E-state index < -0.39 is 14.9 Å². The zero-order chi connectivity index (χ0) is 8.41. The second-order valence-electron chi connectivity index (χ2n) is 2.73. The molecule has 0 aromatic heterocycles. The Morgan fingerprint density at radius 3 is 1.90 bits per heavy atom. The van der Waals surface area contributed by atoms with Gasteiger partial charge in [0.05, 0.1) is 11.9 Å². The smallest absolute Gasteiger partial charge is 0.272 e. The first-order chi connectivity index (χ1) is 4.37. The van der Waals surface area contributed by atoms with Gasteiger partial charge in [-0.25, -0.2) is 0 Å². The minimum absolute atomic E-state index is 0.559. The van der Waals surface area contributed by atoms with Gasteiger partial charge in [0.25, 0.3) is 10.1 Å². The van der Waals surface area contributed by atoms with Gasteiger partial charge in [-0.1, -0.05) is 6.92 Å². The van der Waals surface area contributed by atoms with Crippen LogP contribution in [-0.4, -0.2) is 20.3 Å². The van der Waals surface area contributed by atoms with Crippen LogP contribution in [-0.2, 0) is 14.3 Å². The fraction of sp³-hybridized carbons (Fsp3) is 1.00. The maximum Gasteiger partial charge on any atom is 0.272 e. The summed E-state index contributed by atoms with van der Waals surface area (Å²) in [6.07, 6.45) is 0.559. The number of hydrogen-bond acceptors (Lipinski definition) is 3. The third-order valence-electron chi connectivity index (χ3n) is 1.75. The Kier molecular flexibility index (Phi) is 2.86. The quantitative estimate of drug-likeness (QED) is 0.591. The Morgan fingerprint density at radius 1 is 1.40 bits per heavy atom. The van der Waals surface area contributed by atoms with E-state index in [1.807, 2.05) is 6.92 Å². The Labute approximate surface area is 62.5 Å². The van der Waals surface area contributed by atoms with E-state index in [0.717, 1.165) is 0 Å².